The van der Waals surface area contributed by atoms with Gasteiger partial charge in [-0.25, -0.2) is 4.57 Å². The average Bonchev–Trinajstić information content (AvgIpc) is 2.24. The summed E-state index contributed by atoms with van der Waals surface area (Å²) in [5, 5.41) is 0. The predicted molar refractivity (Wildman–Crippen MR) is 68.2 cm³/mol. The Hall–Kier alpha value is -0.890. The third-order valence-corrected chi connectivity index (χ3v) is 2.88. The smallest absolute Gasteiger partial charge is 0.169 e. The van der Waals surface area contributed by atoms with Crippen molar-refractivity contribution in [1.29, 1.82) is 0 Å². The number of aromatic nitrogens is 1. The average molecular weight is 221 g/mol. The lowest BCUT2D eigenvalue weighted by Gasteiger charge is -2.17. The molecule has 0 saturated heterocycles. The van der Waals surface area contributed by atoms with Gasteiger partial charge in [-0.2, -0.15) is 0 Å². The second-order valence-electron chi connectivity index (χ2n) is 5.42. The molecule has 0 saturated carbocycles. The van der Waals surface area contributed by atoms with Gasteiger partial charge in [0.15, 0.2) is 12.4 Å². The van der Waals surface area contributed by atoms with E-state index in [1.54, 1.807) is 0 Å². The van der Waals surface area contributed by atoms with Crippen LogP contribution in [0.1, 0.15) is 45.6 Å². The highest BCUT2D eigenvalue weighted by Crippen LogP contribution is 2.20. The van der Waals surface area contributed by atoms with Crippen molar-refractivity contribution in [2.45, 2.75) is 52.0 Å². The summed E-state index contributed by atoms with van der Waals surface area (Å²) in [6.45, 7) is 8.65. The van der Waals surface area contributed by atoms with Gasteiger partial charge in [-0.15, -0.1) is 0 Å². The molecule has 0 aliphatic rings. The molecule has 0 bridgehead atoms. The van der Waals surface area contributed by atoms with Crippen LogP contribution in [-0.4, -0.2) is 6.54 Å². The van der Waals surface area contributed by atoms with E-state index in [2.05, 4.69) is 49.9 Å². The molecule has 0 aromatic carbocycles. The van der Waals surface area contributed by atoms with Crippen molar-refractivity contribution in [3.8, 4) is 0 Å². The van der Waals surface area contributed by atoms with Crippen LogP contribution in [0.4, 0.5) is 0 Å². The van der Waals surface area contributed by atoms with E-state index in [9.17, 15) is 0 Å². The lowest BCUT2D eigenvalue weighted by atomic mass is 9.88. The minimum Gasteiger partial charge on any atom is -0.330 e. The fourth-order valence-electron chi connectivity index (χ4n) is 1.72. The topological polar surface area (TPSA) is 29.9 Å². The zero-order chi connectivity index (χ0) is 12.0. The Kier molecular flexibility index (Phi) is 4.94. The molecule has 0 aliphatic heterocycles. The summed E-state index contributed by atoms with van der Waals surface area (Å²) in [4.78, 5) is 0. The molecule has 2 heteroatoms. The first-order valence-corrected chi connectivity index (χ1v) is 6.23. The molecule has 0 radical (unpaired) electrons. The Bertz CT molecular complexity index is 296. The normalized spacial score (nSPS) is 11.8. The Morgan fingerprint density at radius 3 is 2.19 bits per heavy atom. The molecule has 0 aliphatic carbocycles. The fraction of sp³-hybridized carbons (Fsp3) is 0.643. The summed E-state index contributed by atoms with van der Waals surface area (Å²) >= 11 is 0. The van der Waals surface area contributed by atoms with Crippen LogP contribution in [0.5, 0.6) is 0 Å². The molecule has 0 unspecified atom stereocenters. The van der Waals surface area contributed by atoms with E-state index >= 15 is 0 Å². The number of hydrogen-bond acceptors (Lipinski definition) is 1. The van der Waals surface area contributed by atoms with Crippen molar-refractivity contribution in [3.05, 3.63) is 30.1 Å². The summed E-state index contributed by atoms with van der Waals surface area (Å²) in [6.07, 6.45) is 7.95. The number of pyridine rings is 1. The first-order valence-electron chi connectivity index (χ1n) is 6.23. The lowest BCUT2D eigenvalue weighted by molar-refractivity contribution is -0.697. The van der Waals surface area contributed by atoms with Crippen LogP contribution in [0, 0.1) is 0 Å². The molecular weight excluding hydrogens is 196 g/mol. The van der Waals surface area contributed by atoms with E-state index in [4.69, 9.17) is 5.73 Å². The number of aryl methyl sites for hydroxylation is 1. The second-order valence-corrected chi connectivity index (χ2v) is 5.42. The van der Waals surface area contributed by atoms with Crippen LogP contribution in [0.3, 0.4) is 0 Å². The Morgan fingerprint density at radius 1 is 1.06 bits per heavy atom. The van der Waals surface area contributed by atoms with Crippen LogP contribution in [0.25, 0.3) is 0 Å². The predicted octanol–water partition coefficient (Wildman–Crippen LogP) is 2.40. The first-order chi connectivity index (χ1) is 7.54. The summed E-state index contributed by atoms with van der Waals surface area (Å²) in [5.41, 5.74) is 7.11. The van der Waals surface area contributed by atoms with Gasteiger partial charge >= 0.3 is 0 Å². The monoisotopic (exact) mass is 221 g/mol. The molecular formula is C14H25N2+. The second kappa shape index (κ2) is 6.00. The van der Waals surface area contributed by atoms with E-state index in [0.29, 0.717) is 0 Å². The molecule has 0 atom stereocenters. The van der Waals surface area contributed by atoms with Crippen LogP contribution < -0.4 is 10.3 Å². The maximum Gasteiger partial charge on any atom is 0.169 e. The zero-order valence-electron chi connectivity index (χ0n) is 10.9. The molecule has 1 aromatic heterocycles. The van der Waals surface area contributed by atoms with E-state index in [-0.39, 0.29) is 5.41 Å². The van der Waals surface area contributed by atoms with Gasteiger partial charge in [0.25, 0.3) is 0 Å². The maximum atomic E-state index is 5.47. The lowest BCUT2D eigenvalue weighted by Crippen LogP contribution is -2.33. The molecule has 0 amide bonds. The number of nitrogens with two attached hydrogens (primary N) is 1. The van der Waals surface area contributed by atoms with Gasteiger partial charge in [0.1, 0.15) is 6.54 Å². The Balaban J connectivity index is 2.46. The molecule has 0 fully saturated rings. The largest absolute Gasteiger partial charge is 0.330 e. The van der Waals surface area contributed by atoms with Crippen LogP contribution in [-0.2, 0) is 12.0 Å². The first kappa shape index (κ1) is 13.2. The molecule has 1 aromatic rings. The summed E-state index contributed by atoms with van der Waals surface area (Å²) in [7, 11) is 0. The maximum absolute atomic E-state index is 5.47. The van der Waals surface area contributed by atoms with Crippen molar-refractivity contribution in [1.82, 2.24) is 0 Å². The van der Waals surface area contributed by atoms with E-state index in [1.807, 2.05) is 0 Å². The highest BCUT2D eigenvalue weighted by Gasteiger charge is 2.14. The molecule has 1 rings (SSSR count). The highest BCUT2D eigenvalue weighted by atomic mass is 14.9. The molecule has 2 nitrogen and oxygen atoms in total. The summed E-state index contributed by atoms with van der Waals surface area (Å²) in [5.74, 6) is 0. The van der Waals surface area contributed by atoms with Crippen LogP contribution in [0.2, 0.25) is 0 Å². The molecule has 0 spiro atoms. The molecule has 16 heavy (non-hydrogen) atoms. The Labute approximate surface area is 99.5 Å². The van der Waals surface area contributed by atoms with Gasteiger partial charge < -0.3 is 5.73 Å². The molecule has 1 heterocycles. The number of nitrogens with zero attached hydrogens (tertiary/aromatic N) is 1. The SMILES string of the molecule is CC(C)(C)c1cc[n+](CCCCCN)cc1. The van der Waals surface area contributed by atoms with Crippen LogP contribution in [0.15, 0.2) is 24.5 Å². The van der Waals surface area contributed by atoms with Crippen molar-refractivity contribution in [2.24, 2.45) is 5.73 Å². The quantitative estimate of drug-likeness (QED) is 0.600. The van der Waals surface area contributed by atoms with Crippen molar-refractivity contribution >= 4 is 0 Å². The van der Waals surface area contributed by atoms with Gasteiger partial charge in [0, 0.05) is 18.6 Å². The van der Waals surface area contributed by atoms with Gasteiger partial charge in [-0.1, -0.05) is 20.8 Å². The molecule has 2 N–H and O–H groups in total. The highest BCUT2D eigenvalue weighted by molar-refractivity contribution is 5.17. The van der Waals surface area contributed by atoms with Gasteiger partial charge in [-0.3, -0.25) is 0 Å². The third-order valence-electron chi connectivity index (χ3n) is 2.88. The standard InChI is InChI=1S/C14H25N2/c1-14(2,3)13-7-11-16(12-8-13)10-6-4-5-9-15/h7-8,11-12H,4-6,9-10,15H2,1-3H3/q+1. The minimum atomic E-state index is 0.249. The van der Waals surface area contributed by atoms with E-state index < -0.39 is 0 Å². The number of unbranched alkanes of at least 4 members (excludes halogenated alkanes) is 2. The van der Waals surface area contributed by atoms with Gasteiger partial charge in [0.2, 0.25) is 0 Å². The summed E-state index contributed by atoms with van der Waals surface area (Å²) in [6, 6.07) is 4.45. The Morgan fingerprint density at radius 2 is 1.69 bits per heavy atom. The van der Waals surface area contributed by atoms with Gasteiger partial charge in [-0.05, 0) is 30.4 Å². The van der Waals surface area contributed by atoms with Crippen molar-refractivity contribution in [3.63, 3.8) is 0 Å². The number of hydrogen-bond donors (Lipinski definition) is 1. The van der Waals surface area contributed by atoms with E-state index in [1.165, 1.54) is 18.4 Å². The van der Waals surface area contributed by atoms with Crippen molar-refractivity contribution in [2.75, 3.05) is 6.54 Å². The van der Waals surface area contributed by atoms with Gasteiger partial charge in [0.05, 0.1) is 0 Å². The van der Waals surface area contributed by atoms with Crippen molar-refractivity contribution < 1.29 is 4.57 Å². The zero-order valence-corrected chi connectivity index (χ0v) is 10.9. The molecule has 90 valence electrons. The fourth-order valence-corrected chi connectivity index (χ4v) is 1.72. The number of rotatable bonds is 5. The minimum absolute atomic E-state index is 0.249. The summed E-state index contributed by atoms with van der Waals surface area (Å²) < 4.78 is 2.26. The van der Waals surface area contributed by atoms with E-state index in [0.717, 1.165) is 19.5 Å². The van der Waals surface area contributed by atoms with Crippen LogP contribution >= 0.6 is 0 Å². The third kappa shape index (κ3) is 4.31.